The largest absolute Gasteiger partial charge is 0.392 e. The van der Waals surface area contributed by atoms with Crippen LogP contribution >= 0.6 is 0 Å². The minimum Gasteiger partial charge on any atom is -0.392 e. The van der Waals surface area contributed by atoms with E-state index in [1.165, 1.54) is 29.5 Å². The van der Waals surface area contributed by atoms with Gasteiger partial charge in [-0.3, -0.25) is 0 Å². The van der Waals surface area contributed by atoms with Gasteiger partial charge in [0.15, 0.2) is 0 Å². The van der Waals surface area contributed by atoms with Crippen LogP contribution in [-0.4, -0.2) is 11.2 Å². The number of rotatable bonds is 7. The van der Waals surface area contributed by atoms with Gasteiger partial charge in [-0.1, -0.05) is 56.9 Å². The molecule has 0 saturated heterocycles. The molecule has 0 bridgehead atoms. The van der Waals surface area contributed by atoms with E-state index in [0.717, 1.165) is 19.3 Å². The minimum absolute atomic E-state index is 0.193. The van der Waals surface area contributed by atoms with Gasteiger partial charge in [-0.2, -0.15) is 0 Å². The molecule has 0 aliphatic heterocycles. The second-order valence-corrected chi connectivity index (χ2v) is 5.51. The Morgan fingerprint density at radius 3 is 2.50 bits per heavy atom. The fourth-order valence-electron chi connectivity index (χ4n) is 2.55. The van der Waals surface area contributed by atoms with Crippen molar-refractivity contribution in [2.45, 2.75) is 65.9 Å². The van der Waals surface area contributed by atoms with Crippen LogP contribution in [0.1, 0.15) is 56.2 Å². The Morgan fingerprint density at radius 2 is 1.89 bits per heavy atom. The number of aliphatic hydroxyl groups excluding tert-OH is 1. The van der Waals surface area contributed by atoms with Crippen LogP contribution in [0.4, 0.5) is 0 Å². The van der Waals surface area contributed by atoms with Crippen LogP contribution in [0.25, 0.3) is 0 Å². The quantitative estimate of drug-likeness (QED) is 0.757. The molecule has 1 nitrogen and oxygen atoms in total. The Balaban J connectivity index is 2.66. The third-order valence-electron chi connectivity index (χ3n) is 3.93. The van der Waals surface area contributed by atoms with Gasteiger partial charge in [-0.25, -0.2) is 0 Å². The Labute approximate surface area is 112 Å². The highest BCUT2D eigenvalue weighted by Gasteiger charge is 2.18. The van der Waals surface area contributed by atoms with Crippen molar-refractivity contribution < 1.29 is 5.11 Å². The molecule has 1 heteroatoms. The molecule has 2 unspecified atom stereocenters. The molecule has 0 heterocycles. The van der Waals surface area contributed by atoms with Crippen LogP contribution in [0.15, 0.2) is 18.2 Å². The number of aryl methyl sites for hydroxylation is 2. The lowest BCUT2D eigenvalue weighted by Crippen LogP contribution is -2.22. The van der Waals surface area contributed by atoms with E-state index in [1.54, 1.807) is 0 Å². The normalized spacial score (nSPS) is 14.5. The first-order valence-electron chi connectivity index (χ1n) is 7.32. The highest BCUT2D eigenvalue weighted by molar-refractivity contribution is 5.31. The first-order valence-corrected chi connectivity index (χ1v) is 7.32. The predicted molar refractivity (Wildman–Crippen MR) is 78.9 cm³/mol. The topological polar surface area (TPSA) is 20.2 Å². The summed E-state index contributed by atoms with van der Waals surface area (Å²) >= 11 is 0. The molecular weight excluding hydrogens is 220 g/mol. The Hall–Kier alpha value is -0.820. The summed E-state index contributed by atoms with van der Waals surface area (Å²) in [7, 11) is 0. The zero-order chi connectivity index (χ0) is 13.5. The summed E-state index contributed by atoms with van der Waals surface area (Å²) in [5.41, 5.74) is 3.88. The van der Waals surface area contributed by atoms with E-state index in [0.29, 0.717) is 5.92 Å². The van der Waals surface area contributed by atoms with Gasteiger partial charge < -0.3 is 5.11 Å². The number of aliphatic hydroxyl groups is 1. The molecule has 0 aliphatic carbocycles. The summed E-state index contributed by atoms with van der Waals surface area (Å²) in [6.07, 6.45) is 5.28. The molecule has 102 valence electrons. The summed E-state index contributed by atoms with van der Waals surface area (Å²) in [5, 5.41) is 10.4. The highest BCUT2D eigenvalue weighted by atomic mass is 16.3. The van der Waals surface area contributed by atoms with Crippen LogP contribution < -0.4 is 0 Å². The fraction of sp³-hybridized carbons (Fsp3) is 0.647. The van der Waals surface area contributed by atoms with Crippen LogP contribution in [0.3, 0.4) is 0 Å². The van der Waals surface area contributed by atoms with E-state index in [2.05, 4.69) is 45.9 Å². The summed E-state index contributed by atoms with van der Waals surface area (Å²) < 4.78 is 0. The molecule has 0 spiro atoms. The second kappa shape index (κ2) is 7.58. The molecule has 18 heavy (non-hydrogen) atoms. The second-order valence-electron chi connectivity index (χ2n) is 5.51. The predicted octanol–water partition coefficient (Wildman–Crippen LogP) is 4.42. The number of hydrogen-bond acceptors (Lipinski definition) is 1. The zero-order valence-electron chi connectivity index (χ0n) is 12.4. The lowest BCUT2D eigenvalue weighted by atomic mass is 9.88. The van der Waals surface area contributed by atoms with Crippen molar-refractivity contribution in [1.29, 1.82) is 0 Å². The average molecular weight is 248 g/mol. The van der Waals surface area contributed by atoms with Crippen LogP contribution in [0.5, 0.6) is 0 Å². The molecule has 1 rings (SSSR count). The molecule has 0 radical (unpaired) electrons. The lowest BCUT2D eigenvalue weighted by Gasteiger charge is -2.22. The average Bonchev–Trinajstić information content (AvgIpc) is 2.35. The third-order valence-corrected chi connectivity index (χ3v) is 3.93. The van der Waals surface area contributed by atoms with Crippen molar-refractivity contribution in [3.05, 3.63) is 34.9 Å². The molecular formula is C17H28O. The van der Waals surface area contributed by atoms with Gasteiger partial charge in [0, 0.05) is 0 Å². The number of hydrogen-bond donors (Lipinski definition) is 1. The molecule has 2 atom stereocenters. The third kappa shape index (κ3) is 4.45. The molecule has 0 amide bonds. The fourth-order valence-corrected chi connectivity index (χ4v) is 2.55. The van der Waals surface area contributed by atoms with E-state index in [-0.39, 0.29) is 6.10 Å². The molecule has 0 aliphatic rings. The maximum atomic E-state index is 10.4. The van der Waals surface area contributed by atoms with Gasteiger partial charge in [0.1, 0.15) is 0 Å². The minimum atomic E-state index is -0.193. The summed E-state index contributed by atoms with van der Waals surface area (Å²) in [4.78, 5) is 0. The van der Waals surface area contributed by atoms with Crippen LogP contribution in [0.2, 0.25) is 0 Å². The van der Waals surface area contributed by atoms with E-state index in [1.807, 2.05) is 0 Å². The first-order chi connectivity index (χ1) is 8.58. The van der Waals surface area contributed by atoms with Crippen molar-refractivity contribution >= 4 is 0 Å². The molecule has 0 fully saturated rings. The van der Waals surface area contributed by atoms with Crippen molar-refractivity contribution in [3.63, 3.8) is 0 Å². The van der Waals surface area contributed by atoms with E-state index < -0.39 is 0 Å². The lowest BCUT2D eigenvalue weighted by molar-refractivity contribution is 0.0986. The number of benzene rings is 1. The van der Waals surface area contributed by atoms with Crippen molar-refractivity contribution in [1.82, 2.24) is 0 Å². The number of unbranched alkanes of at least 4 members (excludes halogenated alkanes) is 1. The zero-order valence-corrected chi connectivity index (χ0v) is 12.4. The molecule has 1 aromatic carbocycles. The Bertz CT molecular complexity index is 357. The van der Waals surface area contributed by atoms with Crippen molar-refractivity contribution in [2.24, 2.45) is 5.92 Å². The summed E-state index contributed by atoms with van der Waals surface area (Å²) in [6.45, 7) is 8.65. The van der Waals surface area contributed by atoms with E-state index >= 15 is 0 Å². The van der Waals surface area contributed by atoms with Crippen LogP contribution in [-0.2, 0) is 6.42 Å². The highest BCUT2D eigenvalue weighted by Crippen LogP contribution is 2.22. The van der Waals surface area contributed by atoms with Crippen LogP contribution in [0, 0.1) is 19.8 Å². The van der Waals surface area contributed by atoms with Gasteiger partial charge in [0.25, 0.3) is 0 Å². The summed E-state index contributed by atoms with van der Waals surface area (Å²) in [6, 6.07) is 6.51. The first kappa shape index (κ1) is 15.2. The summed E-state index contributed by atoms with van der Waals surface area (Å²) in [5.74, 6) is 0.449. The van der Waals surface area contributed by atoms with Crippen molar-refractivity contribution in [3.8, 4) is 0 Å². The van der Waals surface area contributed by atoms with Gasteiger partial charge >= 0.3 is 0 Å². The van der Waals surface area contributed by atoms with Gasteiger partial charge in [-0.05, 0) is 43.7 Å². The van der Waals surface area contributed by atoms with Crippen molar-refractivity contribution in [2.75, 3.05) is 0 Å². The Morgan fingerprint density at radius 1 is 1.17 bits per heavy atom. The molecule has 1 N–H and O–H groups in total. The molecule has 0 saturated carbocycles. The monoisotopic (exact) mass is 248 g/mol. The smallest absolute Gasteiger partial charge is 0.0608 e. The van der Waals surface area contributed by atoms with Gasteiger partial charge in [0.05, 0.1) is 6.10 Å². The molecule has 0 aromatic heterocycles. The van der Waals surface area contributed by atoms with E-state index in [9.17, 15) is 5.11 Å². The van der Waals surface area contributed by atoms with E-state index in [4.69, 9.17) is 0 Å². The molecule has 1 aromatic rings. The maximum Gasteiger partial charge on any atom is 0.0608 e. The van der Waals surface area contributed by atoms with Gasteiger partial charge in [0.2, 0.25) is 0 Å². The standard InChI is InChI=1S/C17H28O/c1-5-7-8-15(6-2)17(18)12-16-11-13(3)9-10-14(16)4/h9-11,15,17-18H,5-8,12H2,1-4H3. The maximum absolute atomic E-state index is 10.4. The SMILES string of the molecule is CCCCC(CC)C(O)Cc1cc(C)ccc1C. The van der Waals surface area contributed by atoms with Gasteiger partial charge in [-0.15, -0.1) is 0 Å². The Kier molecular flexibility index (Phi) is 6.42.